The van der Waals surface area contributed by atoms with Crippen LogP contribution in [0.1, 0.15) is 20.0 Å². The van der Waals surface area contributed by atoms with E-state index < -0.39 is 5.97 Å². The predicted octanol–water partition coefficient (Wildman–Crippen LogP) is 3.50. The molecule has 0 spiro atoms. The third-order valence-corrected chi connectivity index (χ3v) is 4.09. The highest BCUT2D eigenvalue weighted by atomic mass is 35.5. The summed E-state index contributed by atoms with van der Waals surface area (Å²) in [5.74, 6) is -0.772. The minimum absolute atomic E-state index is 0.296. The first-order valence-electron chi connectivity index (χ1n) is 4.83. The average Bonchev–Trinajstić information content (AvgIpc) is 2.97. The number of thiophene rings is 2. The van der Waals surface area contributed by atoms with Crippen LogP contribution in [0.3, 0.4) is 0 Å². The van der Waals surface area contributed by atoms with Crippen LogP contribution >= 0.6 is 34.3 Å². The molecule has 0 fully saturated rings. The molecule has 18 heavy (non-hydrogen) atoms. The van der Waals surface area contributed by atoms with Gasteiger partial charge in [0.1, 0.15) is 0 Å². The van der Waals surface area contributed by atoms with Gasteiger partial charge in [-0.3, -0.25) is 4.79 Å². The zero-order valence-electron chi connectivity index (χ0n) is 9.23. The van der Waals surface area contributed by atoms with Crippen LogP contribution in [-0.4, -0.2) is 19.0 Å². The summed E-state index contributed by atoms with van der Waals surface area (Å²) >= 11 is 8.25. The molecule has 1 amide bonds. The van der Waals surface area contributed by atoms with Gasteiger partial charge in [0.05, 0.1) is 27.6 Å². The van der Waals surface area contributed by atoms with E-state index in [9.17, 15) is 9.59 Å². The molecular weight excluding hydrogens is 294 g/mol. The van der Waals surface area contributed by atoms with Gasteiger partial charge in [-0.1, -0.05) is 11.6 Å². The highest BCUT2D eigenvalue weighted by molar-refractivity contribution is 7.18. The van der Waals surface area contributed by atoms with Crippen LogP contribution in [0.2, 0.25) is 4.34 Å². The quantitative estimate of drug-likeness (QED) is 0.883. The number of anilines is 1. The number of amides is 1. The van der Waals surface area contributed by atoms with Crippen molar-refractivity contribution in [2.24, 2.45) is 0 Å². The molecule has 0 aromatic carbocycles. The lowest BCUT2D eigenvalue weighted by Crippen LogP contribution is -2.12. The molecule has 0 aliphatic rings. The molecule has 2 aromatic rings. The maximum atomic E-state index is 11.9. The Bertz CT molecular complexity index is 591. The van der Waals surface area contributed by atoms with Crippen molar-refractivity contribution < 1.29 is 14.3 Å². The Labute approximate surface area is 116 Å². The summed E-state index contributed by atoms with van der Waals surface area (Å²) < 4.78 is 5.17. The lowest BCUT2D eigenvalue weighted by Gasteiger charge is -2.03. The van der Waals surface area contributed by atoms with E-state index in [1.807, 2.05) is 0 Å². The minimum atomic E-state index is -0.476. The summed E-state index contributed by atoms with van der Waals surface area (Å²) in [4.78, 5) is 23.8. The van der Waals surface area contributed by atoms with E-state index in [-0.39, 0.29) is 5.91 Å². The van der Waals surface area contributed by atoms with Gasteiger partial charge in [0.25, 0.3) is 5.91 Å². The minimum Gasteiger partial charge on any atom is -0.465 e. The molecule has 2 rings (SSSR count). The Morgan fingerprint density at radius 1 is 1.33 bits per heavy atom. The molecule has 0 saturated carbocycles. The molecular formula is C11H8ClNO3S2. The topological polar surface area (TPSA) is 55.4 Å². The number of carbonyl (C=O) groups excluding carboxylic acids is 2. The van der Waals surface area contributed by atoms with Crippen molar-refractivity contribution in [2.75, 3.05) is 12.4 Å². The highest BCUT2D eigenvalue weighted by Crippen LogP contribution is 2.25. The molecule has 7 heteroatoms. The molecule has 0 saturated heterocycles. The van der Waals surface area contributed by atoms with Crippen molar-refractivity contribution in [3.05, 3.63) is 37.7 Å². The summed E-state index contributed by atoms with van der Waals surface area (Å²) in [6.07, 6.45) is 0. The number of esters is 1. The number of methoxy groups -OCH3 is 1. The van der Waals surface area contributed by atoms with E-state index in [0.717, 1.165) is 0 Å². The van der Waals surface area contributed by atoms with Crippen LogP contribution < -0.4 is 5.32 Å². The zero-order chi connectivity index (χ0) is 13.1. The van der Waals surface area contributed by atoms with Gasteiger partial charge in [-0.2, -0.15) is 0 Å². The van der Waals surface area contributed by atoms with Crippen LogP contribution in [0.5, 0.6) is 0 Å². The van der Waals surface area contributed by atoms with Gasteiger partial charge in [-0.25, -0.2) is 4.79 Å². The molecule has 0 aliphatic heterocycles. The molecule has 0 aliphatic carbocycles. The van der Waals surface area contributed by atoms with E-state index in [2.05, 4.69) is 10.1 Å². The van der Waals surface area contributed by atoms with Gasteiger partial charge >= 0.3 is 5.97 Å². The first-order chi connectivity index (χ1) is 8.61. The van der Waals surface area contributed by atoms with E-state index in [1.54, 1.807) is 22.9 Å². The zero-order valence-corrected chi connectivity index (χ0v) is 11.6. The standard InChI is InChI=1S/C11H8ClNO3S2/c1-16-11(15)6-4-17-5-7(6)13-10(14)8-2-3-9(12)18-8/h2-5H,1H3,(H,13,14). The van der Waals surface area contributed by atoms with E-state index in [1.165, 1.54) is 29.8 Å². The smallest absolute Gasteiger partial charge is 0.340 e. The Morgan fingerprint density at radius 2 is 2.11 bits per heavy atom. The second kappa shape index (κ2) is 5.51. The van der Waals surface area contributed by atoms with Crippen LogP contribution in [-0.2, 0) is 4.74 Å². The third kappa shape index (κ3) is 2.72. The van der Waals surface area contributed by atoms with E-state index in [4.69, 9.17) is 11.6 Å². The van der Waals surface area contributed by atoms with Crippen molar-refractivity contribution in [3.8, 4) is 0 Å². The SMILES string of the molecule is COC(=O)c1cscc1NC(=O)c1ccc(Cl)s1. The van der Waals surface area contributed by atoms with Crippen molar-refractivity contribution >= 4 is 51.8 Å². The van der Waals surface area contributed by atoms with Crippen LogP contribution in [0.4, 0.5) is 5.69 Å². The maximum Gasteiger partial charge on any atom is 0.340 e. The Balaban J connectivity index is 2.17. The second-order valence-corrected chi connectivity index (χ2v) is 5.71. The first kappa shape index (κ1) is 13.1. The van der Waals surface area contributed by atoms with Gasteiger partial charge in [-0.15, -0.1) is 22.7 Å². The predicted molar refractivity (Wildman–Crippen MR) is 72.9 cm³/mol. The second-order valence-electron chi connectivity index (χ2n) is 3.25. The Morgan fingerprint density at radius 3 is 2.72 bits per heavy atom. The van der Waals surface area contributed by atoms with E-state index >= 15 is 0 Å². The largest absolute Gasteiger partial charge is 0.465 e. The van der Waals surface area contributed by atoms with Gasteiger partial charge < -0.3 is 10.1 Å². The fourth-order valence-electron chi connectivity index (χ4n) is 1.28. The summed E-state index contributed by atoms with van der Waals surface area (Å²) in [6.45, 7) is 0. The van der Waals surface area contributed by atoms with Gasteiger partial charge in [-0.05, 0) is 12.1 Å². The summed E-state index contributed by atoms with van der Waals surface area (Å²) in [5.41, 5.74) is 0.792. The molecule has 0 bridgehead atoms. The number of halogens is 1. The monoisotopic (exact) mass is 301 g/mol. The molecule has 0 atom stereocenters. The summed E-state index contributed by atoms with van der Waals surface area (Å²) in [7, 11) is 1.30. The number of hydrogen-bond acceptors (Lipinski definition) is 5. The van der Waals surface area contributed by atoms with Gasteiger partial charge in [0, 0.05) is 10.8 Å². The van der Waals surface area contributed by atoms with Gasteiger partial charge in [0.15, 0.2) is 0 Å². The van der Waals surface area contributed by atoms with E-state index in [0.29, 0.717) is 20.5 Å². The fraction of sp³-hybridized carbons (Fsp3) is 0.0909. The summed E-state index contributed by atoms with van der Waals surface area (Å²) in [6, 6.07) is 3.28. The molecule has 2 heterocycles. The Hall–Kier alpha value is -1.37. The highest BCUT2D eigenvalue weighted by Gasteiger charge is 2.16. The lowest BCUT2D eigenvalue weighted by atomic mass is 10.3. The van der Waals surface area contributed by atoms with Crippen molar-refractivity contribution in [1.82, 2.24) is 0 Å². The number of carbonyl (C=O) groups is 2. The van der Waals surface area contributed by atoms with Crippen molar-refractivity contribution in [2.45, 2.75) is 0 Å². The molecule has 94 valence electrons. The van der Waals surface area contributed by atoms with Crippen molar-refractivity contribution in [3.63, 3.8) is 0 Å². The fourth-order valence-corrected chi connectivity index (χ4v) is 2.97. The lowest BCUT2D eigenvalue weighted by molar-refractivity contribution is 0.0602. The molecule has 2 aromatic heterocycles. The van der Waals surface area contributed by atoms with Crippen LogP contribution in [0, 0.1) is 0 Å². The molecule has 0 radical (unpaired) electrons. The Kier molecular flexibility index (Phi) is 4.00. The molecule has 4 nitrogen and oxygen atoms in total. The molecule has 1 N–H and O–H groups in total. The molecule has 0 unspecified atom stereocenters. The third-order valence-electron chi connectivity index (χ3n) is 2.11. The maximum absolute atomic E-state index is 11.9. The normalized spacial score (nSPS) is 10.1. The first-order valence-corrected chi connectivity index (χ1v) is 6.96. The number of hydrogen-bond donors (Lipinski definition) is 1. The number of rotatable bonds is 3. The number of nitrogens with one attached hydrogen (secondary N) is 1. The van der Waals surface area contributed by atoms with Crippen LogP contribution in [0.15, 0.2) is 22.9 Å². The number of ether oxygens (including phenoxy) is 1. The van der Waals surface area contributed by atoms with Crippen molar-refractivity contribution in [1.29, 1.82) is 0 Å². The van der Waals surface area contributed by atoms with Gasteiger partial charge in [0.2, 0.25) is 0 Å². The summed E-state index contributed by atoms with van der Waals surface area (Å²) in [5, 5.41) is 5.97. The van der Waals surface area contributed by atoms with Crippen LogP contribution in [0.25, 0.3) is 0 Å². The average molecular weight is 302 g/mol.